The van der Waals surface area contributed by atoms with Gasteiger partial charge in [0, 0.05) is 10.9 Å². The molecule has 4 heterocycles. The van der Waals surface area contributed by atoms with Crippen molar-refractivity contribution in [2.45, 2.75) is 17.3 Å². The molecule has 1 amide bonds. The fourth-order valence-corrected chi connectivity index (χ4v) is 4.61. The summed E-state index contributed by atoms with van der Waals surface area (Å²) in [5.41, 5.74) is 2.66. The van der Waals surface area contributed by atoms with Crippen molar-refractivity contribution in [3.63, 3.8) is 0 Å². The molecule has 1 aromatic carbocycles. The number of carbonyl (C=O) groups excluding carboxylic acids is 1. The Bertz CT molecular complexity index is 1420. The minimum atomic E-state index is -0.496. The van der Waals surface area contributed by atoms with E-state index in [1.165, 1.54) is 23.1 Å². The van der Waals surface area contributed by atoms with E-state index in [2.05, 4.69) is 25.5 Å². The van der Waals surface area contributed by atoms with Gasteiger partial charge in [-0.1, -0.05) is 11.8 Å². The molecule has 35 heavy (non-hydrogen) atoms. The van der Waals surface area contributed by atoms with Gasteiger partial charge >= 0.3 is 0 Å². The molecule has 0 fully saturated rings. The number of rotatable bonds is 8. The third kappa shape index (κ3) is 5.10. The van der Waals surface area contributed by atoms with Gasteiger partial charge in [0.1, 0.15) is 11.4 Å². The molecule has 0 spiro atoms. The molecule has 0 radical (unpaired) electrons. The molecule has 1 N–H and O–H groups in total. The van der Waals surface area contributed by atoms with Gasteiger partial charge in [0.2, 0.25) is 11.1 Å². The van der Waals surface area contributed by atoms with Gasteiger partial charge in [-0.2, -0.15) is 0 Å². The van der Waals surface area contributed by atoms with E-state index in [0.717, 1.165) is 17.0 Å². The average molecular weight is 506 g/mol. The summed E-state index contributed by atoms with van der Waals surface area (Å²) in [6, 6.07) is 14.7. The van der Waals surface area contributed by atoms with Crippen LogP contribution in [0.25, 0.3) is 34.2 Å². The van der Waals surface area contributed by atoms with Gasteiger partial charge in [-0.15, -0.1) is 21.5 Å². The Labute approximate surface area is 208 Å². The zero-order valence-corrected chi connectivity index (χ0v) is 20.3. The normalized spacial score (nSPS) is 11.8. The number of anilines is 1. The molecule has 0 saturated heterocycles. The van der Waals surface area contributed by atoms with E-state index in [4.69, 9.17) is 13.6 Å². The molecule has 176 valence electrons. The molecule has 5 rings (SSSR count). The summed E-state index contributed by atoms with van der Waals surface area (Å²) >= 11 is 2.55. The van der Waals surface area contributed by atoms with Crippen LogP contribution in [-0.2, 0) is 4.79 Å². The predicted molar refractivity (Wildman–Crippen MR) is 133 cm³/mol. The minimum Gasteiger partial charge on any atom is -0.497 e. The first kappa shape index (κ1) is 22.8. The first-order valence-electron chi connectivity index (χ1n) is 10.5. The van der Waals surface area contributed by atoms with Crippen LogP contribution in [0.5, 0.6) is 5.75 Å². The van der Waals surface area contributed by atoms with Crippen molar-refractivity contribution in [2.24, 2.45) is 0 Å². The third-order valence-electron chi connectivity index (χ3n) is 4.95. The first-order valence-corrected chi connectivity index (χ1v) is 12.3. The number of methoxy groups -OCH3 is 1. The molecule has 1 atom stereocenters. The summed E-state index contributed by atoms with van der Waals surface area (Å²) < 4.78 is 16.2. The number of aromatic nitrogens is 4. The van der Waals surface area contributed by atoms with Crippen LogP contribution in [0.1, 0.15) is 6.92 Å². The second kappa shape index (κ2) is 10.1. The van der Waals surface area contributed by atoms with Crippen molar-refractivity contribution in [1.29, 1.82) is 0 Å². The van der Waals surface area contributed by atoms with Gasteiger partial charge in [-0.25, -0.2) is 9.97 Å². The molecule has 5 aromatic rings. The number of amides is 1. The fraction of sp³-hybridized carbons (Fsp3) is 0.125. The first-order chi connectivity index (χ1) is 17.1. The maximum atomic E-state index is 12.8. The van der Waals surface area contributed by atoms with E-state index in [0.29, 0.717) is 33.2 Å². The highest BCUT2D eigenvalue weighted by molar-refractivity contribution is 8.00. The Balaban J connectivity index is 1.29. The topological polar surface area (TPSA) is 116 Å². The molecule has 11 heteroatoms. The molecule has 0 bridgehead atoms. The van der Waals surface area contributed by atoms with E-state index >= 15 is 0 Å². The number of nitrogens with zero attached hydrogens (tertiary/aromatic N) is 4. The van der Waals surface area contributed by atoms with E-state index in [1.54, 1.807) is 50.8 Å². The largest absolute Gasteiger partial charge is 0.497 e. The Hall–Kier alpha value is -3.96. The van der Waals surface area contributed by atoms with Crippen molar-refractivity contribution in [1.82, 2.24) is 20.2 Å². The zero-order chi connectivity index (χ0) is 24.2. The van der Waals surface area contributed by atoms with Gasteiger partial charge in [-0.3, -0.25) is 4.79 Å². The van der Waals surface area contributed by atoms with Crippen molar-refractivity contribution in [3.8, 4) is 39.9 Å². The van der Waals surface area contributed by atoms with E-state index in [-0.39, 0.29) is 5.91 Å². The number of benzene rings is 1. The number of carbonyl (C=O) groups is 1. The highest BCUT2D eigenvalue weighted by Crippen LogP contribution is 2.32. The molecule has 0 aliphatic carbocycles. The van der Waals surface area contributed by atoms with Gasteiger partial charge in [0.15, 0.2) is 22.3 Å². The summed E-state index contributed by atoms with van der Waals surface area (Å²) in [4.78, 5) is 21.9. The number of thioether (sulfide) groups is 1. The zero-order valence-electron chi connectivity index (χ0n) is 18.7. The lowest BCUT2D eigenvalue weighted by Crippen LogP contribution is -2.22. The number of furan rings is 2. The maximum absolute atomic E-state index is 12.8. The van der Waals surface area contributed by atoms with Crippen LogP contribution in [0.4, 0.5) is 5.13 Å². The van der Waals surface area contributed by atoms with Crippen molar-refractivity contribution in [2.75, 3.05) is 12.4 Å². The molecule has 0 aliphatic heterocycles. The number of nitrogens with one attached hydrogen (secondary N) is 1. The van der Waals surface area contributed by atoms with Gasteiger partial charge in [0.05, 0.1) is 30.6 Å². The Morgan fingerprint density at radius 1 is 1.00 bits per heavy atom. The number of hydrogen-bond donors (Lipinski definition) is 1. The second-order valence-electron chi connectivity index (χ2n) is 7.26. The molecular formula is C24H19N5O4S2. The van der Waals surface area contributed by atoms with E-state index < -0.39 is 5.25 Å². The summed E-state index contributed by atoms with van der Waals surface area (Å²) in [5, 5.41) is 13.6. The number of thiazole rings is 1. The summed E-state index contributed by atoms with van der Waals surface area (Å²) in [6.07, 6.45) is 3.11. The summed E-state index contributed by atoms with van der Waals surface area (Å²) in [5.74, 6) is 1.60. The van der Waals surface area contributed by atoms with Crippen LogP contribution >= 0.6 is 23.1 Å². The lowest BCUT2D eigenvalue weighted by molar-refractivity contribution is -0.115. The van der Waals surface area contributed by atoms with E-state index in [9.17, 15) is 4.79 Å². The monoisotopic (exact) mass is 505 g/mol. The number of ether oxygens (including phenoxy) is 1. The second-order valence-corrected chi connectivity index (χ2v) is 9.43. The van der Waals surface area contributed by atoms with Crippen LogP contribution < -0.4 is 10.1 Å². The van der Waals surface area contributed by atoms with Gasteiger partial charge in [-0.05, 0) is 55.5 Å². The van der Waals surface area contributed by atoms with E-state index in [1.807, 2.05) is 29.6 Å². The molecule has 4 aromatic heterocycles. The van der Waals surface area contributed by atoms with Crippen molar-refractivity contribution >= 4 is 34.1 Å². The fourth-order valence-electron chi connectivity index (χ4n) is 3.17. The highest BCUT2D eigenvalue weighted by atomic mass is 32.2. The molecule has 0 aliphatic rings. The summed E-state index contributed by atoms with van der Waals surface area (Å²) in [7, 11) is 1.62. The third-order valence-corrected chi connectivity index (χ3v) is 6.66. The molecule has 1 unspecified atom stereocenters. The minimum absolute atomic E-state index is 0.219. The SMILES string of the molecule is COc1ccc(-c2csc(NC(=O)C(C)Sc3nnc(-c4ccco4)c(-c4ccco4)n3)n2)cc1. The number of hydrogen-bond acceptors (Lipinski definition) is 10. The van der Waals surface area contributed by atoms with Crippen LogP contribution in [0.15, 0.2) is 80.4 Å². The summed E-state index contributed by atoms with van der Waals surface area (Å²) in [6.45, 7) is 1.77. The lowest BCUT2D eigenvalue weighted by atomic mass is 10.2. The average Bonchev–Trinajstić information content (AvgIpc) is 3.67. The highest BCUT2D eigenvalue weighted by Gasteiger charge is 2.22. The molecular weight excluding hydrogens is 486 g/mol. The Kier molecular flexibility index (Phi) is 6.59. The van der Waals surface area contributed by atoms with Crippen LogP contribution in [-0.4, -0.2) is 38.4 Å². The maximum Gasteiger partial charge on any atom is 0.239 e. The predicted octanol–water partition coefficient (Wildman–Crippen LogP) is 5.64. The Morgan fingerprint density at radius 3 is 2.37 bits per heavy atom. The van der Waals surface area contributed by atoms with Crippen molar-refractivity contribution in [3.05, 3.63) is 66.4 Å². The smallest absolute Gasteiger partial charge is 0.239 e. The lowest BCUT2D eigenvalue weighted by Gasteiger charge is -2.10. The molecule has 0 saturated carbocycles. The van der Waals surface area contributed by atoms with Crippen LogP contribution in [0, 0.1) is 0 Å². The Morgan fingerprint density at radius 2 is 1.71 bits per heavy atom. The quantitative estimate of drug-likeness (QED) is 0.267. The molecule has 9 nitrogen and oxygen atoms in total. The van der Waals surface area contributed by atoms with Crippen LogP contribution in [0.2, 0.25) is 0 Å². The van der Waals surface area contributed by atoms with Gasteiger partial charge < -0.3 is 18.9 Å². The van der Waals surface area contributed by atoms with Crippen LogP contribution in [0.3, 0.4) is 0 Å². The van der Waals surface area contributed by atoms with Gasteiger partial charge in [0.25, 0.3) is 0 Å². The van der Waals surface area contributed by atoms with Crippen molar-refractivity contribution < 1.29 is 18.4 Å². The standard InChI is InChI=1S/C24H19N5O4S2/c1-14(22(30)27-23-25-17(13-34-23)15-7-9-16(31-2)10-8-15)35-24-26-20(18-5-3-11-32-18)21(28-29-24)19-6-4-12-33-19/h3-14H,1-2H3,(H,25,27,30).